The van der Waals surface area contributed by atoms with Gasteiger partial charge in [-0.1, -0.05) is 46.3 Å². The minimum Gasteiger partial charge on any atom is -0.504 e. The number of hydrogen-bond donors (Lipinski definition) is 3. The highest BCUT2D eigenvalue weighted by molar-refractivity contribution is 6.10. The van der Waals surface area contributed by atoms with Crippen molar-refractivity contribution in [3.63, 3.8) is 0 Å². The van der Waals surface area contributed by atoms with Crippen LogP contribution < -0.4 is 0 Å². The first-order chi connectivity index (χ1) is 16.3. The Labute approximate surface area is 209 Å². The predicted molar refractivity (Wildman–Crippen MR) is 134 cm³/mol. The summed E-state index contributed by atoms with van der Waals surface area (Å²) < 4.78 is 12.7. The first-order valence-corrected chi connectivity index (χ1v) is 13.2. The van der Waals surface area contributed by atoms with Crippen LogP contribution in [0.15, 0.2) is 46.0 Å². The lowest BCUT2D eigenvalue weighted by Crippen LogP contribution is -2.50. The standard InChI is InChI=1S/C29H42O6/c1-14-8-9-22-18(5)24(30)19(6)28(34-22)23-21-13-29(33,17(4)12-16(3)11-15(2)10-14)35-27(21)20(7)25(31)26(23)32/h10,13-14,16-19,22,24,28,30,32-33H,8-9,11-12H2,1-7H3/b15-10+/t14-,16+,17-,18-,19+,22+,24-,28+,29+/m0/s1/i9+1,10+0,11+0,12+0,13+1,20+1,21+1,22+0,24+0,26+1,28+1,29+0,30+0,31+0,33+0,35+0. The molecule has 0 aromatic rings. The quantitative estimate of drug-likeness (QED) is 0.321. The van der Waals surface area contributed by atoms with E-state index in [1.165, 1.54) is 5.57 Å². The first-order valence-electron chi connectivity index (χ1n) is 13.2. The summed E-state index contributed by atoms with van der Waals surface area (Å²) in [5.41, 5.74) is 2.44. The van der Waals surface area contributed by atoms with Gasteiger partial charge in [-0.2, -0.15) is 0 Å². The van der Waals surface area contributed by atoms with E-state index in [9.17, 15) is 20.1 Å². The number of fused-ring (bicyclic) bond motifs is 4. The minimum atomic E-state index is -1.60. The number of ether oxygens (including phenoxy) is 2. The fourth-order valence-electron chi connectivity index (χ4n) is 6.51. The third kappa shape index (κ3) is 4.65. The van der Waals surface area contributed by atoms with E-state index in [4.69, 9.17) is 9.47 Å². The van der Waals surface area contributed by atoms with Gasteiger partial charge < -0.3 is 24.8 Å². The van der Waals surface area contributed by atoms with E-state index < -0.39 is 23.8 Å². The second-order valence-corrected chi connectivity index (χ2v) is 11.8. The van der Waals surface area contributed by atoms with Crippen molar-refractivity contribution in [3.05, 3.63) is 46.0 Å². The van der Waals surface area contributed by atoms with Gasteiger partial charge in [0.15, 0.2) is 5.76 Å². The van der Waals surface area contributed by atoms with Crippen LogP contribution in [0.4, 0.5) is 0 Å². The van der Waals surface area contributed by atoms with E-state index >= 15 is 0 Å². The van der Waals surface area contributed by atoms with Crippen LogP contribution in [0, 0.1) is 29.6 Å². The zero-order chi connectivity index (χ0) is 25.8. The summed E-state index contributed by atoms with van der Waals surface area (Å²) in [5.74, 6) is -2.16. The van der Waals surface area contributed by atoms with Crippen molar-refractivity contribution in [2.45, 2.75) is 98.2 Å². The normalized spacial score (nSPS) is 44.5. The number of hydrogen-bond acceptors (Lipinski definition) is 6. The average Bonchev–Trinajstić information content (AvgIpc) is 3.14. The third-order valence-electron chi connectivity index (χ3n) is 8.66. The summed E-state index contributed by atoms with van der Waals surface area (Å²) in [6, 6.07) is 0. The molecule has 194 valence electrons. The van der Waals surface area contributed by atoms with Crippen LogP contribution in [0.25, 0.3) is 0 Å². The largest absolute Gasteiger partial charge is 0.504 e. The lowest BCUT2D eigenvalue weighted by molar-refractivity contribution is -0.164. The molecule has 9 atom stereocenters. The van der Waals surface area contributed by atoms with Crippen molar-refractivity contribution in [2.75, 3.05) is 0 Å². The summed E-state index contributed by atoms with van der Waals surface area (Å²) in [4.78, 5) is 13.0. The van der Waals surface area contributed by atoms with Gasteiger partial charge in [0.05, 0.1) is 18.3 Å². The average molecular weight is 493 g/mol. The molecule has 6 nitrogen and oxygen atoms in total. The molecule has 0 saturated carbocycles. The van der Waals surface area contributed by atoms with Crippen LogP contribution in [0.5, 0.6) is 0 Å². The van der Waals surface area contributed by atoms with Gasteiger partial charge in [0.2, 0.25) is 11.6 Å². The van der Waals surface area contributed by atoms with Crippen LogP contribution in [0.2, 0.25) is 0 Å². The number of aliphatic hydroxyl groups excluding tert-OH is 2. The monoisotopic (exact) mass is 492 g/mol. The number of carbonyl (C=O) groups is 1. The summed E-state index contributed by atoms with van der Waals surface area (Å²) in [6.07, 6.45) is 5.76. The molecule has 4 rings (SSSR count). The fourth-order valence-corrected chi connectivity index (χ4v) is 6.51. The molecule has 1 saturated heterocycles. The molecule has 0 radical (unpaired) electrons. The van der Waals surface area contributed by atoms with Gasteiger partial charge in [-0.3, -0.25) is 4.79 Å². The first kappa shape index (κ1) is 26.2. The molecule has 1 aliphatic carbocycles. The van der Waals surface area contributed by atoms with Gasteiger partial charge in [-0.25, -0.2) is 0 Å². The molecule has 0 amide bonds. The number of Topliss-reactive ketones (excluding diaryl/α,β-unsaturated/α-hetero) is 1. The molecule has 0 spiro atoms. The van der Waals surface area contributed by atoms with Crippen molar-refractivity contribution in [2.24, 2.45) is 29.6 Å². The Kier molecular flexibility index (Phi) is 7.13. The second kappa shape index (κ2) is 9.53. The van der Waals surface area contributed by atoms with Gasteiger partial charge >= 0.3 is 0 Å². The predicted octanol–water partition coefficient (Wildman–Crippen LogP) is 5.13. The van der Waals surface area contributed by atoms with Crippen molar-refractivity contribution in [3.8, 4) is 0 Å². The molecule has 3 heterocycles. The summed E-state index contributed by atoms with van der Waals surface area (Å²) in [5, 5.41) is 33.8. The van der Waals surface area contributed by atoms with E-state index in [-0.39, 0.29) is 35.2 Å². The maximum Gasteiger partial charge on any atom is 0.231 e. The van der Waals surface area contributed by atoms with E-state index in [0.717, 1.165) is 25.7 Å². The highest BCUT2D eigenvalue weighted by atomic mass is 16.6. The highest BCUT2D eigenvalue weighted by Gasteiger charge is 2.51. The molecular weight excluding hydrogens is 450 g/mol. The molecule has 3 aliphatic heterocycles. The van der Waals surface area contributed by atoms with Gasteiger partial charge in [0, 0.05) is 34.5 Å². The molecule has 0 aromatic heterocycles. The van der Waals surface area contributed by atoms with E-state index in [1.807, 2.05) is 20.8 Å². The zero-order valence-electron chi connectivity index (χ0n) is 22.2. The Morgan fingerprint density at radius 2 is 1.74 bits per heavy atom. The zero-order valence-corrected chi connectivity index (χ0v) is 22.2. The SMILES string of the molecule is C/C1=[12CH]\[C@@H](C)C[13CH2][12C@H]2O[13C@@H](C3=[13C](O)C(=[16O])[13C](C)=C4[16O][12C@]([16OH])([13CH]=[13C]43)[C@@H](C)[12CH2][C@H](C)[12CH2]1)[C@H](C)[12C@@H]([16OH])[C@H]2C. The number of carbonyl (C=O) groups excluding carboxylic acids is 1. The molecule has 4 aliphatic rings. The van der Waals surface area contributed by atoms with Crippen molar-refractivity contribution in [1.29, 1.82) is 0 Å². The van der Waals surface area contributed by atoms with E-state index in [1.54, 1.807) is 13.0 Å². The topological polar surface area (TPSA) is 96.2 Å². The summed E-state index contributed by atoms with van der Waals surface area (Å²) in [7, 11) is 0. The van der Waals surface area contributed by atoms with Gasteiger partial charge in [-0.05, 0) is 57.4 Å². The molecule has 1 fully saturated rings. The lowest BCUT2D eigenvalue weighted by atomic mass is 9.87. The Morgan fingerprint density at radius 1 is 1.06 bits per heavy atom. The fraction of sp³-hybridized carbons (Fsp3) is 0.690. The van der Waals surface area contributed by atoms with Crippen LogP contribution in [0.1, 0.15) is 74.1 Å². The van der Waals surface area contributed by atoms with E-state index in [2.05, 4.69) is 26.8 Å². The van der Waals surface area contributed by atoms with E-state index in [0.29, 0.717) is 28.7 Å². The Morgan fingerprint density at radius 3 is 2.43 bits per heavy atom. The summed E-state index contributed by atoms with van der Waals surface area (Å²) >= 11 is 0. The van der Waals surface area contributed by atoms with Gasteiger partial charge in [0.25, 0.3) is 0 Å². The number of rotatable bonds is 0. The molecule has 0 aromatic carbocycles. The van der Waals surface area contributed by atoms with Crippen LogP contribution in [0.3, 0.4) is 0 Å². The molecular formula is C29H42O6. The van der Waals surface area contributed by atoms with Gasteiger partial charge in [0.1, 0.15) is 5.76 Å². The van der Waals surface area contributed by atoms with Crippen LogP contribution in [-0.4, -0.2) is 45.2 Å². The molecule has 0 unspecified atom stereocenters. The minimum absolute atomic E-state index is 0.0815. The van der Waals surface area contributed by atoms with Crippen molar-refractivity contribution in [1.82, 2.24) is 0 Å². The Bertz CT molecular complexity index is 1000. The smallest absolute Gasteiger partial charge is 0.231 e. The van der Waals surface area contributed by atoms with Crippen LogP contribution >= 0.6 is 0 Å². The number of ketones is 1. The van der Waals surface area contributed by atoms with Crippen molar-refractivity contribution < 1.29 is 29.6 Å². The second-order valence-electron chi connectivity index (χ2n) is 11.8. The number of aliphatic hydroxyl groups is 3. The lowest BCUT2D eigenvalue weighted by Gasteiger charge is -2.44. The molecule has 6 heteroatoms. The third-order valence-corrected chi connectivity index (χ3v) is 8.66. The maximum atomic E-state index is 13.0. The molecule has 4 bridgehead atoms. The summed E-state index contributed by atoms with van der Waals surface area (Å²) in [6.45, 7) is 14.0. The van der Waals surface area contributed by atoms with Gasteiger partial charge in [-0.15, -0.1) is 0 Å². The Hall–Kier alpha value is -1.89. The molecule has 3 N–H and O–H groups in total. The molecule has 35 heavy (non-hydrogen) atoms. The number of allylic oxidation sites excluding steroid dienone is 4. The van der Waals surface area contributed by atoms with Crippen LogP contribution in [-0.2, 0) is 14.3 Å². The highest BCUT2D eigenvalue weighted by Crippen LogP contribution is 2.49. The maximum absolute atomic E-state index is 13.0. The van der Waals surface area contributed by atoms with Crippen molar-refractivity contribution >= 4 is 5.78 Å². The Balaban J connectivity index is 1.83.